The Morgan fingerprint density at radius 2 is 2.00 bits per heavy atom. The summed E-state index contributed by atoms with van der Waals surface area (Å²) in [5, 5.41) is 8.07. The smallest absolute Gasteiger partial charge is 0.151 e. The largest absolute Gasteiger partial charge is 0.361 e. The van der Waals surface area contributed by atoms with E-state index in [4.69, 9.17) is 9.05 Å². The van der Waals surface area contributed by atoms with Gasteiger partial charge in [0, 0.05) is 36.1 Å². The molecule has 6 nitrogen and oxygen atoms in total. The van der Waals surface area contributed by atoms with E-state index in [1.165, 1.54) is 0 Å². The van der Waals surface area contributed by atoms with Crippen LogP contribution in [0.5, 0.6) is 0 Å². The van der Waals surface area contributed by atoms with E-state index in [-0.39, 0.29) is 0 Å². The number of nitrogens with zero attached hydrogens (tertiary/aromatic N) is 4. The van der Waals surface area contributed by atoms with Crippen molar-refractivity contribution in [1.29, 1.82) is 0 Å². The molecule has 0 saturated carbocycles. The van der Waals surface area contributed by atoms with Crippen LogP contribution in [0.15, 0.2) is 39.6 Å². The summed E-state index contributed by atoms with van der Waals surface area (Å²) < 4.78 is 10.6. The van der Waals surface area contributed by atoms with Crippen LogP contribution in [-0.4, -0.2) is 27.2 Å². The Labute approximate surface area is 128 Å². The lowest BCUT2D eigenvalue weighted by molar-refractivity contribution is 0.265. The van der Waals surface area contributed by atoms with E-state index in [0.717, 1.165) is 40.6 Å². The molecule has 0 aliphatic heterocycles. The number of hydrogen-bond acceptors (Lipinski definition) is 6. The Hall–Kier alpha value is -2.47. The minimum absolute atomic E-state index is 0.664. The fourth-order valence-electron chi connectivity index (χ4n) is 2.36. The van der Waals surface area contributed by atoms with Crippen molar-refractivity contribution in [3.63, 3.8) is 0 Å². The van der Waals surface area contributed by atoms with Gasteiger partial charge in [-0.3, -0.25) is 9.88 Å². The van der Waals surface area contributed by atoms with E-state index in [9.17, 15) is 0 Å². The van der Waals surface area contributed by atoms with E-state index in [0.29, 0.717) is 6.54 Å². The van der Waals surface area contributed by atoms with Crippen molar-refractivity contribution in [2.45, 2.75) is 26.9 Å². The van der Waals surface area contributed by atoms with Crippen molar-refractivity contribution in [2.75, 3.05) is 7.05 Å². The second-order valence-electron chi connectivity index (χ2n) is 5.40. The molecule has 0 aliphatic rings. The van der Waals surface area contributed by atoms with E-state index in [2.05, 4.69) is 20.2 Å². The maximum atomic E-state index is 5.41. The van der Waals surface area contributed by atoms with Crippen LogP contribution in [0.3, 0.4) is 0 Å². The van der Waals surface area contributed by atoms with Gasteiger partial charge in [-0.05, 0) is 33.0 Å². The van der Waals surface area contributed by atoms with Gasteiger partial charge in [0.2, 0.25) is 0 Å². The molecule has 0 aromatic carbocycles. The zero-order chi connectivity index (χ0) is 15.5. The molecular formula is C16H18N4O2. The predicted molar refractivity (Wildman–Crippen MR) is 80.9 cm³/mol. The number of rotatable bonds is 5. The molecule has 0 unspecified atom stereocenters. The van der Waals surface area contributed by atoms with Crippen LogP contribution in [0.4, 0.5) is 0 Å². The molecule has 6 heteroatoms. The minimum Gasteiger partial charge on any atom is -0.361 e. The average Bonchev–Trinajstić information content (AvgIpc) is 3.10. The summed E-state index contributed by atoms with van der Waals surface area (Å²) >= 11 is 0. The lowest BCUT2D eigenvalue weighted by atomic mass is 10.2. The molecule has 3 aromatic heterocycles. The summed E-state index contributed by atoms with van der Waals surface area (Å²) in [6.45, 7) is 5.30. The van der Waals surface area contributed by atoms with E-state index >= 15 is 0 Å². The molecule has 0 saturated heterocycles. The zero-order valence-corrected chi connectivity index (χ0v) is 12.9. The van der Waals surface area contributed by atoms with Crippen LogP contribution in [0.25, 0.3) is 11.3 Å². The highest BCUT2D eigenvalue weighted by atomic mass is 16.5. The van der Waals surface area contributed by atoms with E-state index < -0.39 is 0 Å². The molecule has 114 valence electrons. The van der Waals surface area contributed by atoms with Gasteiger partial charge in [0.25, 0.3) is 0 Å². The number of aryl methyl sites for hydroxylation is 2. The predicted octanol–water partition coefficient (Wildman–Crippen LogP) is 2.97. The van der Waals surface area contributed by atoms with Crippen molar-refractivity contribution in [1.82, 2.24) is 20.2 Å². The van der Waals surface area contributed by atoms with E-state index in [1.54, 1.807) is 12.4 Å². The molecule has 0 bridgehead atoms. The SMILES string of the molecule is Cc1noc(C)c1CN(C)Cc1cc(-c2cccnc2)no1. The second-order valence-corrected chi connectivity index (χ2v) is 5.40. The molecule has 0 fully saturated rings. The fraction of sp³-hybridized carbons (Fsp3) is 0.312. The highest BCUT2D eigenvalue weighted by Gasteiger charge is 2.14. The third-order valence-electron chi connectivity index (χ3n) is 3.55. The highest BCUT2D eigenvalue weighted by molar-refractivity contribution is 5.57. The lowest BCUT2D eigenvalue weighted by Gasteiger charge is -2.14. The molecule has 3 rings (SSSR count). The Morgan fingerprint density at radius 1 is 1.14 bits per heavy atom. The summed E-state index contributed by atoms with van der Waals surface area (Å²) in [6.07, 6.45) is 3.51. The number of aromatic nitrogens is 3. The van der Waals surface area contributed by atoms with Crippen molar-refractivity contribution in [3.05, 3.63) is 53.4 Å². The molecule has 22 heavy (non-hydrogen) atoms. The third kappa shape index (κ3) is 3.07. The lowest BCUT2D eigenvalue weighted by Crippen LogP contribution is -2.17. The number of hydrogen-bond donors (Lipinski definition) is 0. The van der Waals surface area contributed by atoms with Crippen molar-refractivity contribution >= 4 is 0 Å². The van der Waals surface area contributed by atoms with Crippen molar-refractivity contribution < 1.29 is 9.05 Å². The summed E-state index contributed by atoms with van der Waals surface area (Å²) in [6, 6.07) is 5.79. The van der Waals surface area contributed by atoms with Crippen LogP contribution < -0.4 is 0 Å². The molecule has 0 spiro atoms. The first-order valence-electron chi connectivity index (χ1n) is 7.10. The first-order chi connectivity index (χ1) is 10.6. The Bertz CT molecular complexity index is 729. The standard InChI is InChI=1S/C16H18N4O2/c1-11-15(12(2)21-18-11)10-20(3)9-14-7-16(19-22-14)13-5-4-6-17-8-13/h4-8H,9-10H2,1-3H3. The van der Waals surface area contributed by atoms with Crippen LogP contribution in [0, 0.1) is 13.8 Å². The Morgan fingerprint density at radius 3 is 2.68 bits per heavy atom. The quantitative estimate of drug-likeness (QED) is 0.721. The van der Waals surface area contributed by atoms with Crippen molar-refractivity contribution in [2.24, 2.45) is 0 Å². The zero-order valence-electron chi connectivity index (χ0n) is 12.9. The van der Waals surface area contributed by atoms with Crippen LogP contribution in [0.2, 0.25) is 0 Å². The summed E-state index contributed by atoms with van der Waals surface area (Å²) in [5.74, 6) is 1.67. The van der Waals surface area contributed by atoms with Gasteiger partial charge in [0.1, 0.15) is 11.5 Å². The van der Waals surface area contributed by atoms with Crippen LogP contribution in [0.1, 0.15) is 22.8 Å². The first kappa shape index (κ1) is 14.5. The Kier molecular flexibility index (Phi) is 4.02. The molecule has 0 N–H and O–H groups in total. The molecule has 0 aliphatic carbocycles. The maximum absolute atomic E-state index is 5.41. The molecule has 3 heterocycles. The van der Waals surface area contributed by atoms with E-state index in [1.807, 2.05) is 39.1 Å². The molecule has 3 aromatic rings. The fourth-order valence-corrected chi connectivity index (χ4v) is 2.36. The normalized spacial score (nSPS) is 11.3. The molecule has 0 atom stereocenters. The Balaban J connectivity index is 1.68. The van der Waals surface area contributed by atoms with Gasteiger partial charge in [-0.1, -0.05) is 10.3 Å². The van der Waals surface area contributed by atoms with Gasteiger partial charge in [0.15, 0.2) is 5.76 Å². The van der Waals surface area contributed by atoms with Crippen LogP contribution in [-0.2, 0) is 13.1 Å². The maximum Gasteiger partial charge on any atom is 0.151 e. The van der Waals surface area contributed by atoms with Gasteiger partial charge in [-0.2, -0.15) is 0 Å². The van der Waals surface area contributed by atoms with Gasteiger partial charge in [-0.25, -0.2) is 0 Å². The summed E-state index contributed by atoms with van der Waals surface area (Å²) in [7, 11) is 2.03. The topological polar surface area (TPSA) is 68.2 Å². The molecular weight excluding hydrogens is 280 g/mol. The first-order valence-corrected chi connectivity index (χ1v) is 7.10. The average molecular weight is 298 g/mol. The van der Waals surface area contributed by atoms with Gasteiger partial charge in [-0.15, -0.1) is 0 Å². The van der Waals surface area contributed by atoms with Gasteiger partial charge >= 0.3 is 0 Å². The van der Waals surface area contributed by atoms with Gasteiger partial charge < -0.3 is 9.05 Å². The van der Waals surface area contributed by atoms with Gasteiger partial charge in [0.05, 0.1) is 12.2 Å². The molecule has 0 radical (unpaired) electrons. The summed E-state index contributed by atoms with van der Waals surface area (Å²) in [5.41, 5.74) is 3.80. The summed E-state index contributed by atoms with van der Waals surface area (Å²) in [4.78, 5) is 6.23. The van der Waals surface area contributed by atoms with Crippen LogP contribution >= 0.6 is 0 Å². The minimum atomic E-state index is 0.664. The number of pyridine rings is 1. The monoisotopic (exact) mass is 298 g/mol. The van der Waals surface area contributed by atoms with Crippen molar-refractivity contribution in [3.8, 4) is 11.3 Å². The highest BCUT2D eigenvalue weighted by Crippen LogP contribution is 2.20. The second kappa shape index (κ2) is 6.11. The third-order valence-corrected chi connectivity index (χ3v) is 3.55. The molecule has 0 amide bonds.